The highest BCUT2D eigenvalue weighted by Gasteiger charge is 2.30. The minimum Gasteiger partial charge on any atom is -0.493 e. The molecule has 41 heavy (non-hydrogen) atoms. The molecule has 0 spiro atoms. The lowest BCUT2D eigenvalue weighted by Crippen LogP contribution is -2.53. The first kappa shape index (κ1) is 28.3. The van der Waals surface area contributed by atoms with Gasteiger partial charge < -0.3 is 39.0 Å². The first-order valence-corrected chi connectivity index (χ1v) is 14.3. The van der Waals surface area contributed by atoms with Crippen molar-refractivity contribution in [1.29, 1.82) is 0 Å². The molecule has 1 atom stereocenters. The molecule has 2 aliphatic heterocycles. The molecular formula is C28H33N5O7S. The highest BCUT2D eigenvalue weighted by atomic mass is 32.1. The maximum atomic E-state index is 13.7. The summed E-state index contributed by atoms with van der Waals surface area (Å²) in [5, 5.41) is 7.45. The minimum atomic E-state index is -0.779. The zero-order chi connectivity index (χ0) is 28.9. The van der Waals surface area contributed by atoms with Gasteiger partial charge >= 0.3 is 0 Å². The number of hydrogen-bond acceptors (Lipinski definition) is 9. The van der Waals surface area contributed by atoms with Crippen molar-refractivity contribution in [3.05, 3.63) is 40.8 Å². The van der Waals surface area contributed by atoms with Crippen LogP contribution in [0.3, 0.4) is 0 Å². The zero-order valence-electron chi connectivity index (χ0n) is 23.2. The van der Waals surface area contributed by atoms with E-state index in [1.54, 1.807) is 24.8 Å². The number of thiophene rings is 1. The predicted octanol–water partition coefficient (Wildman–Crippen LogP) is 2.18. The third-order valence-corrected chi connectivity index (χ3v) is 7.72. The fourth-order valence-electron chi connectivity index (χ4n) is 4.69. The molecule has 0 unspecified atom stereocenters. The van der Waals surface area contributed by atoms with E-state index in [0.717, 1.165) is 5.56 Å². The summed E-state index contributed by atoms with van der Waals surface area (Å²) in [7, 11) is 1.55. The van der Waals surface area contributed by atoms with Gasteiger partial charge in [0, 0.05) is 36.4 Å². The average molecular weight is 584 g/mol. The molecule has 12 nitrogen and oxygen atoms in total. The monoisotopic (exact) mass is 583 g/mol. The second-order valence-electron chi connectivity index (χ2n) is 9.92. The molecule has 0 aliphatic carbocycles. The van der Waals surface area contributed by atoms with Gasteiger partial charge in [-0.05, 0) is 24.1 Å². The Morgan fingerprint density at radius 2 is 1.93 bits per heavy atom. The molecule has 5 rings (SSSR count). The van der Waals surface area contributed by atoms with Gasteiger partial charge in [0.05, 0.1) is 13.7 Å². The molecule has 218 valence electrons. The Morgan fingerprint density at radius 3 is 2.73 bits per heavy atom. The number of rotatable bonds is 3. The van der Waals surface area contributed by atoms with Crippen LogP contribution < -0.4 is 29.6 Å². The van der Waals surface area contributed by atoms with E-state index in [1.807, 2.05) is 36.7 Å². The second-order valence-corrected chi connectivity index (χ2v) is 10.8. The molecule has 0 saturated carbocycles. The number of nitrogens with zero attached hydrogens (tertiary/aromatic N) is 3. The van der Waals surface area contributed by atoms with Gasteiger partial charge in [-0.25, -0.2) is 4.98 Å². The number of hydrogen-bond donors (Lipinski definition) is 2. The van der Waals surface area contributed by atoms with E-state index in [4.69, 9.17) is 18.9 Å². The van der Waals surface area contributed by atoms with Gasteiger partial charge in [-0.15, -0.1) is 11.3 Å². The Kier molecular flexibility index (Phi) is 8.62. The third-order valence-electron chi connectivity index (χ3n) is 6.79. The summed E-state index contributed by atoms with van der Waals surface area (Å²) >= 11 is 1.19. The van der Waals surface area contributed by atoms with E-state index in [0.29, 0.717) is 60.0 Å². The van der Waals surface area contributed by atoms with Crippen LogP contribution in [-0.2, 0) is 16.1 Å². The SMILES string of the molecule is COc1ccc2cc1OCCN(C(=O)c1scc3c1OCCO3)CC(=O)N[C@H](C(C)C)C(=O)NCCn1ccnc1-2. The summed E-state index contributed by atoms with van der Waals surface area (Å²) in [5.74, 6) is 1.23. The van der Waals surface area contributed by atoms with Crippen molar-refractivity contribution < 1.29 is 33.3 Å². The van der Waals surface area contributed by atoms with Crippen molar-refractivity contribution in [2.45, 2.75) is 26.4 Å². The Balaban J connectivity index is 1.46. The van der Waals surface area contributed by atoms with E-state index >= 15 is 0 Å². The number of aromatic nitrogens is 2. The summed E-state index contributed by atoms with van der Waals surface area (Å²) in [6, 6.07) is 4.72. The quantitative estimate of drug-likeness (QED) is 0.480. The average Bonchev–Trinajstić information content (AvgIpc) is 3.61. The van der Waals surface area contributed by atoms with Crippen LogP contribution in [0.15, 0.2) is 36.0 Å². The molecule has 0 radical (unpaired) electrons. The van der Waals surface area contributed by atoms with Gasteiger partial charge in [-0.3, -0.25) is 14.4 Å². The Morgan fingerprint density at radius 1 is 1.12 bits per heavy atom. The summed E-state index contributed by atoms with van der Waals surface area (Å²) in [6.45, 7) is 5.12. The number of fused-ring (bicyclic) bond motifs is 5. The maximum absolute atomic E-state index is 13.7. The lowest BCUT2D eigenvalue weighted by molar-refractivity contribution is -0.130. The van der Waals surface area contributed by atoms with Gasteiger partial charge in [0.1, 0.15) is 43.1 Å². The van der Waals surface area contributed by atoms with Crippen LogP contribution in [0.4, 0.5) is 0 Å². The van der Waals surface area contributed by atoms with Crippen LogP contribution >= 0.6 is 11.3 Å². The lowest BCUT2D eigenvalue weighted by atomic mass is 10.0. The second kappa shape index (κ2) is 12.5. The Labute approximate surface area is 241 Å². The predicted molar refractivity (Wildman–Crippen MR) is 151 cm³/mol. The summed E-state index contributed by atoms with van der Waals surface area (Å²) in [5.41, 5.74) is 0.800. The number of benzene rings is 1. The fourth-order valence-corrected chi connectivity index (χ4v) is 5.58. The first-order valence-electron chi connectivity index (χ1n) is 13.4. The Bertz CT molecular complexity index is 1420. The van der Waals surface area contributed by atoms with Crippen LogP contribution in [-0.4, -0.2) is 84.8 Å². The number of imidazole rings is 1. The van der Waals surface area contributed by atoms with Gasteiger partial charge in [0.15, 0.2) is 23.0 Å². The number of amides is 3. The minimum absolute atomic E-state index is 0.0757. The van der Waals surface area contributed by atoms with Crippen molar-refractivity contribution in [2.24, 2.45) is 5.92 Å². The summed E-state index contributed by atoms with van der Waals surface area (Å²) < 4.78 is 24.8. The fraction of sp³-hybridized carbons (Fsp3) is 0.429. The molecular weight excluding hydrogens is 550 g/mol. The van der Waals surface area contributed by atoms with Crippen LogP contribution in [0, 0.1) is 5.92 Å². The standard InChI is InChI=1S/C28H33N5O7S/c1-17(2)23-27(35)30-7-9-32-8-6-29-26(32)18-4-5-19(37-3)20(14-18)38-11-10-33(15-22(34)31-23)28(36)25-24-21(16-41-25)39-12-13-40-24/h4-6,8,14,16-17,23H,7,9-13,15H2,1-3H3,(H,30,35)(H,31,34)/t23-/m1/s1. The topological polar surface area (TPSA) is 133 Å². The van der Waals surface area contributed by atoms with Crippen molar-refractivity contribution >= 4 is 29.1 Å². The van der Waals surface area contributed by atoms with Crippen molar-refractivity contribution in [2.75, 3.05) is 46.6 Å². The first-order chi connectivity index (χ1) is 19.9. The number of nitrogens with one attached hydrogen (secondary N) is 2. The molecule has 0 saturated heterocycles. The number of carbonyl (C=O) groups is 3. The van der Waals surface area contributed by atoms with Crippen LogP contribution in [0.2, 0.25) is 0 Å². The smallest absolute Gasteiger partial charge is 0.268 e. The van der Waals surface area contributed by atoms with Crippen LogP contribution in [0.1, 0.15) is 23.5 Å². The van der Waals surface area contributed by atoms with Crippen LogP contribution in [0.5, 0.6) is 23.0 Å². The summed E-state index contributed by atoms with van der Waals surface area (Å²) in [6.07, 6.45) is 3.53. The molecule has 1 aromatic carbocycles. The largest absolute Gasteiger partial charge is 0.493 e. The molecule has 13 heteroatoms. The lowest BCUT2D eigenvalue weighted by Gasteiger charge is -2.26. The number of ether oxygens (including phenoxy) is 4. The molecule has 4 heterocycles. The van der Waals surface area contributed by atoms with E-state index in [9.17, 15) is 14.4 Å². The maximum Gasteiger partial charge on any atom is 0.268 e. The van der Waals surface area contributed by atoms with E-state index in [-0.39, 0.29) is 31.5 Å². The molecule has 2 bridgehead atoms. The van der Waals surface area contributed by atoms with Crippen molar-refractivity contribution in [3.8, 4) is 34.4 Å². The molecule has 3 aromatic rings. The van der Waals surface area contributed by atoms with Crippen LogP contribution in [0.25, 0.3) is 11.4 Å². The number of carbonyl (C=O) groups excluding carboxylic acids is 3. The van der Waals surface area contributed by atoms with Gasteiger partial charge in [0.25, 0.3) is 5.91 Å². The summed E-state index contributed by atoms with van der Waals surface area (Å²) in [4.78, 5) is 46.2. The van der Waals surface area contributed by atoms with Gasteiger partial charge in [-0.1, -0.05) is 13.8 Å². The third kappa shape index (κ3) is 6.24. The Hall–Kier alpha value is -4.26. The molecule has 0 fully saturated rings. The van der Waals surface area contributed by atoms with E-state index < -0.39 is 17.9 Å². The number of methoxy groups -OCH3 is 1. The van der Waals surface area contributed by atoms with Crippen molar-refractivity contribution in [1.82, 2.24) is 25.1 Å². The van der Waals surface area contributed by atoms with E-state index in [1.165, 1.54) is 16.2 Å². The normalized spacial score (nSPS) is 18.0. The van der Waals surface area contributed by atoms with Gasteiger partial charge in [0.2, 0.25) is 11.8 Å². The van der Waals surface area contributed by atoms with E-state index in [2.05, 4.69) is 15.6 Å². The molecule has 2 N–H and O–H groups in total. The zero-order valence-corrected chi connectivity index (χ0v) is 24.0. The van der Waals surface area contributed by atoms with Gasteiger partial charge in [-0.2, -0.15) is 0 Å². The molecule has 3 amide bonds. The highest BCUT2D eigenvalue weighted by Crippen LogP contribution is 2.40. The van der Waals surface area contributed by atoms with Crippen molar-refractivity contribution in [3.63, 3.8) is 0 Å². The molecule has 2 aromatic heterocycles. The highest BCUT2D eigenvalue weighted by molar-refractivity contribution is 7.12. The molecule has 2 aliphatic rings.